The highest BCUT2D eigenvalue weighted by atomic mass is 35.5. The molecular formula is C18H17ClN2OS. The molecule has 0 unspecified atom stereocenters. The SMILES string of the molecule is OCc1cnc(SCc2cccc(Cl)c2)n1Cc1ccccc1. The lowest BCUT2D eigenvalue weighted by atomic mass is 10.2. The standard InChI is InChI=1S/C18H17ClN2OS/c19-16-8-4-7-15(9-16)13-23-18-20-10-17(12-22)21(18)11-14-5-2-1-3-6-14/h1-10,22H,11-13H2. The zero-order valence-electron chi connectivity index (χ0n) is 12.5. The summed E-state index contributed by atoms with van der Waals surface area (Å²) in [6, 6.07) is 18.0. The summed E-state index contributed by atoms with van der Waals surface area (Å²) in [4.78, 5) is 4.45. The van der Waals surface area contributed by atoms with Crippen LogP contribution in [0.4, 0.5) is 0 Å². The molecule has 3 rings (SSSR count). The summed E-state index contributed by atoms with van der Waals surface area (Å²) >= 11 is 7.67. The minimum Gasteiger partial charge on any atom is -0.390 e. The van der Waals surface area contributed by atoms with E-state index in [1.807, 2.05) is 36.4 Å². The molecule has 0 aliphatic carbocycles. The van der Waals surface area contributed by atoms with Crippen LogP contribution in [0.15, 0.2) is 66.0 Å². The molecule has 5 heteroatoms. The van der Waals surface area contributed by atoms with Crippen LogP contribution in [0.25, 0.3) is 0 Å². The van der Waals surface area contributed by atoms with Crippen molar-refractivity contribution in [1.29, 1.82) is 0 Å². The van der Waals surface area contributed by atoms with Crippen molar-refractivity contribution in [1.82, 2.24) is 9.55 Å². The monoisotopic (exact) mass is 344 g/mol. The Balaban J connectivity index is 1.78. The molecule has 0 radical (unpaired) electrons. The minimum absolute atomic E-state index is 0.0163. The first-order chi connectivity index (χ1) is 11.3. The average molecular weight is 345 g/mol. The van der Waals surface area contributed by atoms with Gasteiger partial charge in [0.25, 0.3) is 0 Å². The first-order valence-electron chi connectivity index (χ1n) is 7.32. The van der Waals surface area contributed by atoms with Crippen LogP contribution in [0.5, 0.6) is 0 Å². The Hall–Kier alpha value is -1.75. The van der Waals surface area contributed by atoms with Gasteiger partial charge in [0, 0.05) is 17.3 Å². The van der Waals surface area contributed by atoms with Crippen LogP contribution >= 0.6 is 23.4 Å². The second kappa shape index (κ2) is 7.68. The number of imidazole rings is 1. The molecule has 0 spiro atoms. The van der Waals surface area contributed by atoms with Gasteiger partial charge in [-0.15, -0.1) is 0 Å². The maximum atomic E-state index is 9.54. The Labute approximate surface area is 144 Å². The summed E-state index contributed by atoms with van der Waals surface area (Å²) < 4.78 is 2.06. The Morgan fingerprint density at radius 1 is 1.04 bits per heavy atom. The number of aromatic nitrogens is 2. The highest BCUT2D eigenvalue weighted by molar-refractivity contribution is 7.98. The maximum absolute atomic E-state index is 9.54. The van der Waals surface area contributed by atoms with Crippen molar-refractivity contribution in [2.24, 2.45) is 0 Å². The summed E-state index contributed by atoms with van der Waals surface area (Å²) in [5, 5.41) is 11.2. The van der Waals surface area contributed by atoms with Crippen molar-refractivity contribution in [3.8, 4) is 0 Å². The number of hydrogen-bond acceptors (Lipinski definition) is 3. The third-order valence-electron chi connectivity index (χ3n) is 3.50. The van der Waals surface area contributed by atoms with Crippen LogP contribution in [0.3, 0.4) is 0 Å². The van der Waals surface area contributed by atoms with E-state index < -0.39 is 0 Å². The number of benzene rings is 2. The smallest absolute Gasteiger partial charge is 0.168 e. The van der Waals surface area contributed by atoms with Crippen LogP contribution in [-0.4, -0.2) is 14.7 Å². The molecule has 2 aromatic carbocycles. The van der Waals surface area contributed by atoms with Gasteiger partial charge in [-0.05, 0) is 23.3 Å². The zero-order chi connectivity index (χ0) is 16.1. The van der Waals surface area contributed by atoms with Crippen molar-refractivity contribution in [3.05, 3.63) is 82.6 Å². The fourth-order valence-corrected chi connectivity index (χ4v) is 3.50. The molecule has 0 atom stereocenters. The number of rotatable bonds is 6. The first kappa shape index (κ1) is 16.1. The molecular weight excluding hydrogens is 328 g/mol. The molecule has 0 aliphatic heterocycles. The molecule has 1 heterocycles. The Morgan fingerprint density at radius 2 is 1.83 bits per heavy atom. The highest BCUT2D eigenvalue weighted by Crippen LogP contribution is 2.25. The van der Waals surface area contributed by atoms with E-state index in [2.05, 4.69) is 27.8 Å². The first-order valence-corrected chi connectivity index (χ1v) is 8.69. The van der Waals surface area contributed by atoms with Gasteiger partial charge in [-0.1, -0.05) is 65.8 Å². The zero-order valence-corrected chi connectivity index (χ0v) is 14.1. The van der Waals surface area contributed by atoms with E-state index in [0.717, 1.165) is 27.2 Å². The van der Waals surface area contributed by atoms with Gasteiger partial charge in [-0.25, -0.2) is 4.98 Å². The largest absolute Gasteiger partial charge is 0.390 e. The van der Waals surface area contributed by atoms with Crippen LogP contribution in [0.2, 0.25) is 5.02 Å². The third kappa shape index (κ3) is 4.16. The summed E-state index contributed by atoms with van der Waals surface area (Å²) in [5.41, 5.74) is 3.16. The number of aliphatic hydroxyl groups excluding tert-OH is 1. The van der Waals surface area contributed by atoms with Crippen LogP contribution in [-0.2, 0) is 18.9 Å². The Bertz CT molecular complexity index is 774. The number of halogens is 1. The van der Waals surface area contributed by atoms with Crippen molar-refractivity contribution < 1.29 is 5.11 Å². The topological polar surface area (TPSA) is 38.1 Å². The van der Waals surface area contributed by atoms with E-state index in [4.69, 9.17) is 11.6 Å². The lowest BCUT2D eigenvalue weighted by Gasteiger charge is -2.11. The van der Waals surface area contributed by atoms with E-state index in [1.165, 1.54) is 5.56 Å². The minimum atomic E-state index is -0.0163. The van der Waals surface area contributed by atoms with Crippen molar-refractivity contribution in [2.75, 3.05) is 0 Å². The van der Waals surface area contributed by atoms with Gasteiger partial charge in [0.2, 0.25) is 0 Å². The van der Waals surface area contributed by atoms with Crippen molar-refractivity contribution in [3.63, 3.8) is 0 Å². The van der Waals surface area contributed by atoms with Gasteiger partial charge in [-0.2, -0.15) is 0 Å². The number of thioether (sulfide) groups is 1. The summed E-state index contributed by atoms with van der Waals surface area (Å²) in [6.07, 6.45) is 1.74. The molecule has 0 fully saturated rings. The van der Waals surface area contributed by atoms with Gasteiger partial charge >= 0.3 is 0 Å². The molecule has 0 saturated carbocycles. The van der Waals surface area contributed by atoms with E-state index in [-0.39, 0.29) is 6.61 Å². The van der Waals surface area contributed by atoms with Crippen molar-refractivity contribution in [2.45, 2.75) is 24.1 Å². The van der Waals surface area contributed by atoms with E-state index in [0.29, 0.717) is 6.54 Å². The summed E-state index contributed by atoms with van der Waals surface area (Å²) in [6.45, 7) is 0.687. The van der Waals surface area contributed by atoms with E-state index >= 15 is 0 Å². The molecule has 0 saturated heterocycles. The van der Waals surface area contributed by atoms with Gasteiger partial charge in [0.1, 0.15) is 0 Å². The molecule has 0 bridgehead atoms. The Kier molecular flexibility index (Phi) is 5.39. The van der Waals surface area contributed by atoms with Crippen molar-refractivity contribution >= 4 is 23.4 Å². The molecule has 1 aromatic heterocycles. The normalized spacial score (nSPS) is 10.9. The average Bonchev–Trinajstić information content (AvgIpc) is 2.96. The Morgan fingerprint density at radius 3 is 2.57 bits per heavy atom. The molecule has 3 nitrogen and oxygen atoms in total. The molecule has 0 amide bonds. The lowest BCUT2D eigenvalue weighted by Crippen LogP contribution is -2.06. The lowest BCUT2D eigenvalue weighted by molar-refractivity contribution is 0.270. The van der Waals surface area contributed by atoms with Crippen LogP contribution in [0, 0.1) is 0 Å². The fourth-order valence-electron chi connectivity index (χ4n) is 2.34. The second-order valence-corrected chi connectivity index (χ2v) is 6.56. The van der Waals surface area contributed by atoms with E-state index in [1.54, 1.807) is 18.0 Å². The van der Waals surface area contributed by atoms with Gasteiger partial charge in [0.05, 0.1) is 18.5 Å². The third-order valence-corrected chi connectivity index (χ3v) is 4.80. The number of hydrogen-bond donors (Lipinski definition) is 1. The predicted octanol–water partition coefficient (Wildman–Crippen LogP) is 4.37. The van der Waals surface area contributed by atoms with Crippen LogP contribution in [0.1, 0.15) is 16.8 Å². The quantitative estimate of drug-likeness (QED) is 0.675. The molecule has 118 valence electrons. The molecule has 23 heavy (non-hydrogen) atoms. The molecule has 3 aromatic rings. The fraction of sp³-hybridized carbons (Fsp3) is 0.167. The van der Waals surface area contributed by atoms with Gasteiger partial charge in [0.15, 0.2) is 5.16 Å². The van der Waals surface area contributed by atoms with Crippen LogP contribution < -0.4 is 0 Å². The van der Waals surface area contributed by atoms with E-state index in [9.17, 15) is 5.11 Å². The number of nitrogens with zero attached hydrogens (tertiary/aromatic N) is 2. The van der Waals surface area contributed by atoms with Gasteiger partial charge < -0.3 is 9.67 Å². The predicted molar refractivity (Wildman–Crippen MR) is 94.7 cm³/mol. The highest BCUT2D eigenvalue weighted by Gasteiger charge is 2.11. The van der Waals surface area contributed by atoms with Gasteiger partial charge in [-0.3, -0.25) is 0 Å². The second-order valence-electron chi connectivity index (χ2n) is 5.18. The summed E-state index contributed by atoms with van der Waals surface area (Å²) in [5.74, 6) is 0.789. The molecule has 0 aliphatic rings. The maximum Gasteiger partial charge on any atom is 0.168 e. The molecule has 1 N–H and O–H groups in total. The number of aliphatic hydroxyl groups is 1. The summed E-state index contributed by atoms with van der Waals surface area (Å²) in [7, 11) is 0.